The molecule has 140 valence electrons. The summed E-state index contributed by atoms with van der Waals surface area (Å²) >= 11 is 0. The zero-order valence-corrected chi connectivity index (χ0v) is 16.8. The summed E-state index contributed by atoms with van der Waals surface area (Å²) in [6.45, 7) is 8.37. The van der Waals surface area contributed by atoms with E-state index >= 15 is 0 Å². The highest BCUT2D eigenvalue weighted by Crippen LogP contribution is 2.28. The van der Waals surface area contributed by atoms with Gasteiger partial charge in [-0.3, -0.25) is 4.90 Å². The van der Waals surface area contributed by atoms with E-state index in [0.29, 0.717) is 18.6 Å². The second-order valence-corrected chi connectivity index (χ2v) is 6.85. The van der Waals surface area contributed by atoms with Gasteiger partial charge >= 0.3 is 0 Å². The Balaban J connectivity index is 0.00000264. The molecule has 1 aliphatic rings. The Bertz CT molecular complexity index is 439. The van der Waals surface area contributed by atoms with Crippen LogP contribution in [0.4, 0.5) is 0 Å². The van der Waals surface area contributed by atoms with Crippen molar-refractivity contribution in [3.63, 3.8) is 0 Å². The van der Waals surface area contributed by atoms with Crippen LogP contribution in [0.2, 0.25) is 0 Å². The molecule has 0 amide bonds. The van der Waals surface area contributed by atoms with Gasteiger partial charge in [0.05, 0.1) is 6.61 Å². The molecule has 1 aromatic rings. The lowest BCUT2D eigenvalue weighted by Gasteiger charge is -2.27. The number of likely N-dealkylation sites (tertiary alicyclic amines) is 1. The fourth-order valence-electron chi connectivity index (χ4n) is 3.34. The number of likely N-dealkylation sites (N-methyl/N-ethyl adjacent to an activating group) is 1. The van der Waals surface area contributed by atoms with Gasteiger partial charge < -0.3 is 14.7 Å². The van der Waals surface area contributed by atoms with Gasteiger partial charge in [0.1, 0.15) is 12.4 Å². The topological polar surface area (TPSA) is 35.9 Å². The minimum atomic E-state index is 0. The van der Waals surface area contributed by atoms with Crippen LogP contribution in [0, 0.1) is 11.8 Å². The molecule has 0 radical (unpaired) electrons. The minimum absolute atomic E-state index is 0. The summed E-state index contributed by atoms with van der Waals surface area (Å²) in [7, 11) is 4.38. The summed E-state index contributed by atoms with van der Waals surface area (Å²) in [5.41, 5.74) is 1.32. The van der Waals surface area contributed by atoms with Gasteiger partial charge in [0.15, 0.2) is 0 Å². The SMILES string of the molecule is CC(C)[C@H]1CN(Cc2ccc(OCCO)cc2)C[C@@H]1N(C)C.Cl.Cl. The Morgan fingerprint density at radius 1 is 1.17 bits per heavy atom. The average molecular weight is 379 g/mol. The quantitative estimate of drug-likeness (QED) is 0.790. The number of rotatable bonds is 7. The molecule has 0 bridgehead atoms. The van der Waals surface area contributed by atoms with Crippen LogP contribution in [0.1, 0.15) is 19.4 Å². The van der Waals surface area contributed by atoms with Crippen LogP contribution in [0.15, 0.2) is 24.3 Å². The van der Waals surface area contributed by atoms with Crippen molar-refractivity contribution in [2.45, 2.75) is 26.4 Å². The van der Waals surface area contributed by atoms with E-state index < -0.39 is 0 Å². The van der Waals surface area contributed by atoms with Gasteiger partial charge in [0.2, 0.25) is 0 Å². The second-order valence-electron chi connectivity index (χ2n) is 6.85. The molecule has 24 heavy (non-hydrogen) atoms. The van der Waals surface area contributed by atoms with Gasteiger partial charge in [0, 0.05) is 25.7 Å². The van der Waals surface area contributed by atoms with E-state index in [-0.39, 0.29) is 31.4 Å². The van der Waals surface area contributed by atoms with Gasteiger partial charge in [0.25, 0.3) is 0 Å². The van der Waals surface area contributed by atoms with Crippen LogP contribution in [-0.2, 0) is 6.54 Å². The molecular weight excluding hydrogens is 347 g/mol. The Morgan fingerprint density at radius 2 is 1.79 bits per heavy atom. The monoisotopic (exact) mass is 378 g/mol. The summed E-state index contributed by atoms with van der Waals surface area (Å²) in [6.07, 6.45) is 0. The number of ether oxygens (including phenoxy) is 1. The van der Waals surface area contributed by atoms with Crippen LogP contribution in [0.5, 0.6) is 5.75 Å². The summed E-state index contributed by atoms with van der Waals surface area (Å²) < 4.78 is 5.41. The fourth-order valence-corrected chi connectivity index (χ4v) is 3.34. The molecule has 0 aromatic heterocycles. The molecule has 1 saturated heterocycles. The lowest BCUT2D eigenvalue weighted by Crippen LogP contribution is -2.37. The van der Waals surface area contributed by atoms with E-state index in [0.717, 1.165) is 24.8 Å². The molecule has 1 aromatic carbocycles. The van der Waals surface area contributed by atoms with Crippen molar-refractivity contribution in [1.29, 1.82) is 0 Å². The number of aliphatic hydroxyl groups is 1. The van der Waals surface area contributed by atoms with Crippen molar-refractivity contribution in [2.24, 2.45) is 11.8 Å². The standard InChI is InChI=1S/C18H30N2O2.2ClH/c1-14(2)17-12-20(13-18(17)19(3)4)11-15-5-7-16(8-6-15)22-10-9-21;;/h5-8,14,17-18,21H,9-13H2,1-4H3;2*1H/t17-,18+;;/m1../s1. The van der Waals surface area contributed by atoms with Crippen LogP contribution in [0.3, 0.4) is 0 Å². The minimum Gasteiger partial charge on any atom is -0.491 e. The van der Waals surface area contributed by atoms with Gasteiger partial charge in [-0.1, -0.05) is 26.0 Å². The summed E-state index contributed by atoms with van der Waals surface area (Å²) in [4.78, 5) is 4.93. The van der Waals surface area contributed by atoms with E-state index in [9.17, 15) is 0 Å². The van der Waals surface area contributed by atoms with Gasteiger partial charge in [-0.05, 0) is 43.6 Å². The zero-order chi connectivity index (χ0) is 16.1. The number of nitrogens with zero attached hydrogens (tertiary/aromatic N) is 2. The molecular formula is C18H32Cl2N2O2. The maximum absolute atomic E-state index is 8.78. The Hall–Kier alpha value is -0.520. The first-order chi connectivity index (χ1) is 10.5. The molecule has 1 fully saturated rings. The van der Waals surface area contributed by atoms with E-state index in [1.54, 1.807) is 0 Å². The number of hydrogen-bond acceptors (Lipinski definition) is 4. The normalized spacial score (nSPS) is 20.8. The number of benzene rings is 1. The van der Waals surface area contributed by atoms with Crippen molar-refractivity contribution in [1.82, 2.24) is 9.80 Å². The van der Waals surface area contributed by atoms with Crippen molar-refractivity contribution in [2.75, 3.05) is 40.4 Å². The van der Waals surface area contributed by atoms with Crippen LogP contribution >= 0.6 is 24.8 Å². The Kier molecular flexibility index (Phi) is 10.9. The molecule has 1 N–H and O–H groups in total. The molecule has 0 aliphatic carbocycles. The molecule has 0 spiro atoms. The second kappa shape index (κ2) is 11.2. The van der Waals surface area contributed by atoms with Crippen LogP contribution < -0.4 is 4.74 Å². The first kappa shape index (κ1) is 23.5. The third kappa shape index (κ3) is 6.41. The molecule has 1 aliphatic heterocycles. The van der Waals surface area contributed by atoms with E-state index in [1.165, 1.54) is 12.1 Å². The molecule has 2 atom stereocenters. The number of hydrogen-bond donors (Lipinski definition) is 1. The Labute approximate surface area is 159 Å². The lowest BCUT2D eigenvalue weighted by molar-refractivity contribution is 0.201. The number of aliphatic hydroxyl groups excluding tert-OH is 1. The van der Waals surface area contributed by atoms with E-state index in [1.807, 2.05) is 12.1 Å². The van der Waals surface area contributed by atoms with Crippen molar-refractivity contribution < 1.29 is 9.84 Å². The molecule has 2 rings (SSSR count). The lowest BCUT2D eigenvalue weighted by atomic mass is 9.91. The van der Waals surface area contributed by atoms with Crippen LogP contribution in [-0.4, -0.2) is 61.3 Å². The highest BCUT2D eigenvalue weighted by atomic mass is 35.5. The zero-order valence-electron chi connectivity index (χ0n) is 15.1. The maximum atomic E-state index is 8.78. The first-order valence-electron chi connectivity index (χ1n) is 8.22. The molecule has 0 unspecified atom stereocenters. The largest absolute Gasteiger partial charge is 0.491 e. The van der Waals surface area contributed by atoms with Crippen molar-refractivity contribution >= 4 is 24.8 Å². The third-order valence-corrected chi connectivity index (χ3v) is 4.62. The maximum Gasteiger partial charge on any atom is 0.119 e. The molecule has 6 heteroatoms. The van der Waals surface area contributed by atoms with Gasteiger partial charge in [-0.2, -0.15) is 0 Å². The highest BCUT2D eigenvalue weighted by Gasteiger charge is 2.35. The summed E-state index contributed by atoms with van der Waals surface area (Å²) in [6, 6.07) is 8.88. The summed E-state index contributed by atoms with van der Waals surface area (Å²) in [5, 5.41) is 8.78. The Morgan fingerprint density at radius 3 is 2.25 bits per heavy atom. The van der Waals surface area contributed by atoms with E-state index in [4.69, 9.17) is 9.84 Å². The third-order valence-electron chi connectivity index (χ3n) is 4.62. The van der Waals surface area contributed by atoms with Crippen molar-refractivity contribution in [3.8, 4) is 5.75 Å². The fraction of sp³-hybridized carbons (Fsp3) is 0.667. The van der Waals surface area contributed by atoms with Gasteiger partial charge in [-0.25, -0.2) is 0 Å². The van der Waals surface area contributed by atoms with E-state index in [2.05, 4.69) is 49.9 Å². The smallest absolute Gasteiger partial charge is 0.119 e. The first-order valence-corrected chi connectivity index (χ1v) is 8.22. The molecule has 0 saturated carbocycles. The van der Waals surface area contributed by atoms with Crippen molar-refractivity contribution in [3.05, 3.63) is 29.8 Å². The average Bonchev–Trinajstić information content (AvgIpc) is 2.91. The van der Waals surface area contributed by atoms with Gasteiger partial charge in [-0.15, -0.1) is 24.8 Å². The predicted octanol–water partition coefficient (Wildman–Crippen LogP) is 2.92. The number of halogens is 2. The molecule has 4 nitrogen and oxygen atoms in total. The molecule has 1 heterocycles. The summed E-state index contributed by atoms with van der Waals surface area (Å²) in [5.74, 6) is 2.28. The predicted molar refractivity (Wildman–Crippen MR) is 105 cm³/mol. The highest BCUT2D eigenvalue weighted by molar-refractivity contribution is 5.85. The van der Waals surface area contributed by atoms with Crippen LogP contribution in [0.25, 0.3) is 0 Å².